The Hall–Kier alpha value is -1.39. The van der Waals surface area contributed by atoms with Crippen LogP contribution in [-0.4, -0.2) is 19.8 Å². The summed E-state index contributed by atoms with van der Waals surface area (Å²) < 4.78 is 39.4. The Balaban J connectivity index is 2.50. The average Bonchev–Trinajstić information content (AvgIpc) is 2.16. The van der Waals surface area contributed by atoms with E-state index >= 15 is 0 Å². The van der Waals surface area contributed by atoms with Gasteiger partial charge in [-0.05, 0) is 24.3 Å². The molecule has 2 nitrogen and oxygen atoms in total. The van der Waals surface area contributed by atoms with Crippen molar-refractivity contribution in [2.75, 3.05) is 18.5 Å². The SMILES string of the molecule is FCCNc1ccc(OC(F)F)cc1. The molecule has 0 fully saturated rings. The highest BCUT2D eigenvalue weighted by molar-refractivity contribution is 5.46. The van der Waals surface area contributed by atoms with Crippen LogP contribution < -0.4 is 10.1 Å². The maximum atomic E-state index is 11.7. The maximum Gasteiger partial charge on any atom is 0.387 e. The van der Waals surface area contributed by atoms with Gasteiger partial charge in [0, 0.05) is 12.2 Å². The molecule has 14 heavy (non-hydrogen) atoms. The molecule has 0 aliphatic rings. The second kappa shape index (κ2) is 5.36. The molecule has 5 heteroatoms. The van der Waals surface area contributed by atoms with Gasteiger partial charge in [-0.25, -0.2) is 4.39 Å². The van der Waals surface area contributed by atoms with Crippen LogP contribution >= 0.6 is 0 Å². The zero-order valence-electron chi connectivity index (χ0n) is 7.34. The van der Waals surface area contributed by atoms with Gasteiger partial charge in [0.2, 0.25) is 0 Å². The lowest BCUT2D eigenvalue weighted by Gasteiger charge is -2.06. The fourth-order valence-corrected chi connectivity index (χ4v) is 0.946. The molecule has 0 atom stereocenters. The average molecular weight is 205 g/mol. The van der Waals surface area contributed by atoms with Gasteiger partial charge in [0.15, 0.2) is 0 Å². The van der Waals surface area contributed by atoms with E-state index in [1.54, 1.807) is 12.1 Å². The molecule has 0 saturated heterocycles. The largest absolute Gasteiger partial charge is 0.435 e. The van der Waals surface area contributed by atoms with Crippen LogP contribution in [0.2, 0.25) is 0 Å². The third-order valence-corrected chi connectivity index (χ3v) is 1.50. The molecule has 1 rings (SSSR count). The summed E-state index contributed by atoms with van der Waals surface area (Å²) in [7, 11) is 0. The molecule has 0 aromatic heterocycles. The molecule has 78 valence electrons. The minimum atomic E-state index is -2.82. The Bertz CT molecular complexity index is 263. The molecular weight excluding hydrogens is 195 g/mol. The van der Waals surface area contributed by atoms with Crippen LogP contribution in [0.4, 0.5) is 18.9 Å². The summed E-state index contributed by atoms with van der Waals surface area (Å²) in [5.41, 5.74) is 0.671. The summed E-state index contributed by atoms with van der Waals surface area (Å²) >= 11 is 0. The van der Waals surface area contributed by atoms with Crippen molar-refractivity contribution < 1.29 is 17.9 Å². The monoisotopic (exact) mass is 205 g/mol. The first-order valence-corrected chi connectivity index (χ1v) is 4.07. The van der Waals surface area contributed by atoms with Gasteiger partial charge in [-0.2, -0.15) is 8.78 Å². The number of benzene rings is 1. The van der Waals surface area contributed by atoms with Crippen molar-refractivity contribution in [1.82, 2.24) is 0 Å². The second-order valence-electron chi connectivity index (χ2n) is 2.52. The Morgan fingerprint density at radius 1 is 1.21 bits per heavy atom. The zero-order chi connectivity index (χ0) is 10.4. The highest BCUT2D eigenvalue weighted by Crippen LogP contribution is 2.17. The van der Waals surface area contributed by atoms with Gasteiger partial charge in [-0.3, -0.25) is 0 Å². The van der Waals surface area contributed by atoms with E-state index in [0.29, 0.717) is 5.69 Å². The molecular formula is C9H10F3NO. The number of halogens is 3. The first kappa shape index (κ1) is 10.7. The van der Waals surface area contributed by atoms with Crippen LogP contribution in [0.5, 0.6) is 5.75 Å². The van der Waals surface area contributed by atoms with E-state index < -0.39 is 13.3 Å². The molecule has 0 spiro atoms. The molecule has 1 aromatic rings. The predicted octanol–water partition coefficient (Wildman–Crippen LogP) is 2.67. The third-order valence-electron chi connectivity index (χ3n) is 1.50. The standard InChI is InChI=1S/C9H10F3NO/c10-5-6-13-7-1-3-8(4-2-7)14-9(11)12/h1-4,9,13H,5-6H2. The number of hydrogen-bond donors (Lipinski definition) is 1. The van der Waals surface area contributed by atoms with E-state index in [1.165, 1.54) is 12.1 Å². The highest BCUT2D eigenvalue weighted by Gasteiger charge is 2.02. The van der Waals surface area contributed by atoms with Crippen LogP contribution in [-0.2, 0) is 0 Å². The number of nitrogens with one attached hydrogen (secondary N) is 1. The van der Waals surface area contributed by atoms with Gasteiger partial charge in [0.1, 0.15) is 12.4 Å². The molecule has 0 saturated carbocycles. The molecule has 1 aromatic carbocycles. The summed E-state index contributed by atoms with van der Waals surface area (Å²) in [5, 5.41) is 2.76. The van der Waals surface area contributed by atoms with Crippen molar-refractivity contribution >= 4 is 5.69 Å². The lowest BCUT2D eigenvalue weighted by molar-refractivity contribution is -0.0498. The predicted molar refractivity (Wildman–Crippen MR) is 47.5 cm³/mol. The van der Waals surface area contributed by atoms with Gasteiger partial charge in [0.25, 0.3) is 0 Å². The second-order valence-corrected chi connectivity index (χ2v) is 2.52. The molecule has 0 heterocycles. The number of anilines is 1. The number of hydrogen-bond acceptors (Lipinski definition) is 2. The molecule has 0 unspecified atom stereocenters. The van der Waals surface area contributed by atoms with Crippen molar-refractivity contribution in [2.45, 2.75) is 6.61 Å². The van der Waals surface area contributed by atoms with Crippen molar-refractivity contribution in [3.63, 3.8) is 0 Å². The van der Waals surface area contributed by atoms with Crippen molar-refractivity contribution in [3.05, 3.63) is 24.3 Å². The minimum Gasteiger partial charge on any atom is -0.435 e. The van der Waals surface area contributed by atoms with Crippen LogP contribution in [0.25, 0.3) is 0 Å². The first-order valence-electron chi connectivity index (χ1n) is 4.07. The summed E-state index contributed by atoms with van der Waals surface area (Å²) in [6, 6.07) is 5.89. The lowest BCUT2D eigenvalue weighted by atomic mass is 10.3. The molecule has 1 N–H and O–H groups in total. The fourth-order valence-electron chi connectivity index (χ4n) is 0.946. The molecule has 0 bridgehead atoms. The van der Waals surface area contributed by atoms with Crippen LogP contribution in [0.15, 0.2) is 24.3 Å². The summed E-state index contributed by atoms with van der Waals surface area (Å²) in [4.78, 5) is 0. The Kier molecular flexibility index (Phi) is 4.10. The van der Waals surface area contributed by atoms with Crippen LogP contribution in [0.3, 0.4) is 0 Å². The van der Waals surface area contributed by atoms with E-state index in [-0.39, 0.29) is 12.3 Å². The smallest absolute Gasteiger partial charge is 0.387 e. The van der Waals surface area contributed by atoms with E-state index in [4.69, 9.17) is 0 Å². The van der Waals surface area contributed by atoms with E-state index in [1.807, 2.05) is 0 Å². The van der Waals surface area contributed by atoms with Gasteiger partial charge in [0.05, 0.1) is 0 Å². The molecule has 0 amide bonds. The maximum absolute atomic E-state index is 11.7. The van der Waals surface area contributed by atoms with Crippen molar-refractivity contribution in [1.29, 1.82) is 0 Å². The number of ether oxygens (including phenoxy) is 1. The molecule has 0 radical (unpaired) electrons. The summed E-state index contributed by atoms with van der Waals surface area (Å²) in [5.74, 6) is 0.0887. The Labute approximate surface area is 79.7 Å². The van der Waals surface area contributed by atoms with E-state index in [2.05, 4.69) is 10.1 Å². The first-order chi connectivity index (χ1) is 6.72. The van der Waals surface area contributed by atoms with E-state index in [9.17, 15) is 13.2 Å². The quantitative estimate of drug-likeness (QED) is 0.797. The molecule has 0 aliphatic carbocycles. The Morgan fingerprint density at radius 2 is 1.86 bits per heavy atom. The fraction of sp³-hybridized carbons (Fsp3) is 0.333. The summed E-state index contributed by atoms with van der Waals surface area (Å²) in [6.07, 6.45) is 0. The van der Waals surface area contributed by atoms with Gasteiger partial charge in [-0.1, -0.05) is 0 Å². The minimum absolute atomic E-state index is 0.0887. The van der Waals surface area contributed by atoms with Crippen molar-refractivity contribution in [2.24, 2.45) is 0 Å². The van der Waals surface area contributed by atoms with Crippen LogP contribution in [0.1, 0.15) is 0 Å². The topological polar surface area (TPSA) is 21.3 Å². The van der Waals surface area contributed by atoms with Gasteiger partial charge in [-0.15, -0.1) is 0 Å². The lowest BCUT2D eigenvalue weighted by Crippen LogP contribution is -2.04. The molecule has 0 aliphatic heterocycles. The van der Waals surface area contributed by atoms with Crippen molar-refractivity contribution in [3.8, 4) is 5.75 Å². The van der Waals surface area contributed by atoms with E-state index in [0.717, 1.165) is 0 Å². The van der Waals surface area contributed by atoms with Gasteiger partial charge >= 0.3 is 6.61 Å². The number of alkyl halides is 3. The van der Waals surface area contributed by atoms with Crippen LogP contribution in [0, 0.1) is 0 Å². The third kappa shape index (κ3) is 3.55. The normalized spacial score (nSPS) is 10.3. The zero-order valence-corrected chi connectivity index (χ0v) is 7.34. The Morgan fingerprint density at radius 3 is 2.36 bits per heavy atom. The summed E-state index contributed by atoms with van der Waals surface area (Å²) in [6.45, 7) is -3.09. The number of rotatable bonds is 5. The van der Waals surface area contributed by atoms with Gasteiger partial charge < -0.3 is 10.1 Å². The highest BCUT2D eigenvalue weighted by atomic mass is 19.3.